The number of piperazine rings is 1. The Kier molecular flexibility index (Phi) is 5.78. The first-order valence-corrected chi connectivity index (χ1v) is 8.98. The average molecular weight is 436 g/mol. The molecule has 0 atom stereocenters. The Balaban J connectivity index is 1.77. The monoisotopic (exact) mass is 435 g/mol. The smallest absolute Gasteiger partial charge is 0.295 e. The number of nitro benzene ring substituents is 3. The molecular weight excluding hydrogens is 422 g/mol. The quantitative estimate of drug-likeness (QED) is 0.512. The minimum Gasteiger partial charge on any atom is -0.368 e. The van der Waals surface area contributed by atoms with Crippen molar-refractivity contribution in [2.75, 3.05) is 31.1 Å². The van der Waals surface area contributed by atoms with E-state index < -0.39 is 37.1 Å². The maximum atomic E-state index is 12.8. The zero-order valence-electron chi connectivity index (χ0n) is 15.3. The molecule has 2 aromatic carbocycles. The van der Waals surface area contributed by atoms with E-state index in [1.54, 1.807) is 12.1 Å². The second-order valence-electron chi connectivity index (χ2n) is 6.39. The summed E-state index contributed by atoms with van der Waals surface area (Å²) in [6, 6.07) is 7.63. The molecule has 13 heteroatoms. The molecule has 1 saturated heterocycles. The Morgan fingerprint density at radius 3 is 1.90 bits per heavy atom. The second kappa shape index (κ2) is 8.29. The molecule has 0 bridgehead atoms. The van der Waals surface area contributed by atoms with Crippen LogP contribution in [0, 0.1) is 30.3 Å². The van der Waals surface area contributed by atoms with Gasteiger partial charge in [-0.05, 0) is 12.1 Å². The number of benzene rings is 2. The molecule has 0 aromatic heterocycles. The molecule has 12 nitrogen and oxygen atoms in total. The molecule has 1 aliphatic rings. The molecule has 2 aromatic rings. The highest BCUT2D eigenvalue weighted by Crippen LogP contribution is 2.34. The fourth-order valence-electron chi connectivity index (χ4n) is 3.11. The zero-order chi connectivity index (χ0) is 22.0. The highest BCUT2D eigenvalue weighted by atomic mass is 35.5. The molecule has 1 aliphatic heterocycles. The lowest BCUT2D eigenvalue weighted by Gasteiger charge is -2.36. The molecule has 1 heterocycles. The van der Waals surface area contributed by atoms with Crippen molar-refractivity contribution in [3.8, 4) is 0 Å². The lowest BCUT2D eigenvalue weighted by molar-refractivity contribution is -0.394. The van der Waals surface area contributed by atoms with Crippen LogP contribution in [0.5, 0.6) is 0 Å². The summed E-state index contributed by atoms with van der Waals surface area (Å²) in [6.07, 6.45) is 0. The topological polar surface area (TPSA) is 153 Å². The van der Waals surface area contributed by atoms with Gasteiger partial charge in [0.05, 0.1) is 26.4 Å². The summed E-state index contributed by atoms with van der Waals surface area (Å²) in [5.41, 5.74) is -0.898. The first-order chi connectivity index (χ1) is 14.2. The summed E-state index contributed by atoms with van der Waals surface area (Å²) in [7, 11) is 0. The van der Waals surface area contributed by atoms with Crippen LogP contribution in [0.3, 0.4) is 0 Å². The van der Waals surface area contributed by atoms with Gasteiger partial charge in [0.2, 0.25) is 0 Å². The third kappa shape index (κ3) is 4.12. The minimum atomic E-state index is -0.876. The number of carbonyl (C=O) groups is 1. The van der Waals surface area contributed by atoms with Crippen LogP contribution in [0.2, 0.25) is 5.02 Å². The standard InChI is InChI=1S/C17H14ClN5O7/c18-16-14(9-13(22(27)28)10-15(16)23(29)30)17(24)20-7-5-19(6-8-20)11-1-3-12(4-2-11)21(25)26/h1-4,9-10H,5-8H2. The van der Waals surface area contributed by atoms with Gasteiger partial charge in [-0.3, -0.25) is 35.1 Å². The number of hydrogen-bond acceptors (Lipinski definition) is 8. The number of rotatable bonds is 5. The number of halogens is 1. The van der Waals surface area contributed by atoms with Gasteiger partial charge in [0.1, 0.15) is 5.02 Å². The van der Waals surface area contributed by atoms with Gasteiger partial charge in [-0.15, -0.1) is 0 Å². The molecule has 3 rings (SSSR count). The van der Waals surface area contributed by atoms with E-state index in [4.69, 9.17) is 11.6 Å². The van der Waals surface area contributed by atoms with E-state index in [9.17, 15) is 35.1 Å². The Bertz CT molecular complexity index is 1040. The van der Waals surface area contributed by atoms with Crippen LogP contribution in [0.15, 0.2) is 36.4 Å². The van der Waals surface area contributed by atoms with E-state index in [0.29, 0.717) is 19.2 Å². The summed E-state index contributed by atoms with van der Waals surface area (Å²) in [4.78, 5) is 46.9. The van der Waals surface area contributed by atoms with Gasteiger partial charge >= 0.3 is 0 Å². The molecule has 0 unspecified atom stereocenters. The summed E-state index contributed by atoms with van der Waals surface area (Å²) >= 11 is 5.98. The van der Waals surface area contributed by atoms with Crippen LogP contribution >= 0.6 is 11.6 Å². The number of nitro groups is 3. The molecule has 0 radical (unpaired) electrons. The van der Waals surface area contributed by atoms with Crippen molar-refractivity contribution in [2.24, 2.45) is 0 Å². The van der Waals surface area contributed by atoms with E-state index >= 15 is 0 Å². The van der Waals surface area contributed by atoms with Gasteiger partial charge < -0.3 is 9.80 Å². The largest absolute Gasteiger partial charge is 0.368 e. The van der Waals surface area contributed by atoms with Crippen LogP contribution in [0.1, 0.15) is 10.4 Å². The Labute approximate surface area is 173 Å². The van der Waals surface area contributed by atoms with E-state index in [2.05, 4.69) is 0 Å². The number of anilines is 1. The van der Waals surface area contributed by atoms with E-state index in [1.807, 2.05) is 4.90 Å². The summed E-state index contributed by atoms with van der Waals surface area (Å²) < 4.78 is 0. The van der Waals surface area contributed by atoms with Crippen LogP contribution < -0.4 is 4.90 Å². The zero-order valence-corrected chi connectivity index (χ0v) is 16.0. The molecular formula is C17H14ClN5O7. The normalized spacial score (nSPS) is 13.8. The Morgan fingerprint density at radius 1 is 0.833 bits per heavy atom. The third-order valence-corrected chi connectivity index (χ3v) is 5.07. The van der Waals surface area contributed by atoms with Crippen LogP contribution in [0.4, 0.5) is 22.7 Å². The van der Waals surface area contributed by atoms with E-state index in [0.717, 1.165) is 11.8 Å². The number of hydrogen-bond donors (Lipinski definition) is 0. The number of nitrogens with zero attached hydrogens (tertiary/aromatic N) is 5. The lowest BCUT2D eigenvalue weighted by atomic mass is 10.1. The van der Waals surface area contributed by atoms with Crippen molar-refractivity contribution in [1.29, 1.82) is 0 Å². The third-order valence-electron chi connectivity index (χ3n) is 4.67. The first-order valence-electron chi connectivity index (χ1n) is 8.60. The van der Waals surface area contributed by atoms with Crippen molar-refractivity contribution in [3.63, 3.8) is 0 Å². The summed E-state index contributed by atoms with van der Waals surface area (Å²) in [6.45, 7) is 1.28. The van der Waals surface area contributed by atoms with Gasteiger partial charge in [-0.25, -0.2) is 0 Å². The summed E-state index contributed by atoms with van der Waals surface area (Å²) in [5.74, 6) is -0.643. The number of amides is 1. The lowest BCUT2D eigenvalue weighted by Crippen LogP contribution is -2.48. The van der Waals surface area contributed by atoms with Crippen molar-refractivity contribution in [3.05, 3.63) is 77.3 Å². The highest BCUT2D eigenvalue weighted by Gasteiger charge is 2.30. The van der Waals surface area contributed by atoms with Gasteiger partial charge in [0.25, 0.3) is 23.0 Å². The average Bonchev–Trinajstić information content (AvgIpc) is 2.73. The first kappa shape index (κ1) is 20.9. The Hall–Kier alpha value is -3.80. The SMILES string of the molecule is O=C(c1cc([N+](=O)[O-])cc([N+](=O)[O-])c1Cl)N1CCN(c2ccc([N+](=O)[O-])cc2)CC1. The maximum absolute atomic E-state index is 12.8. The van der Waals surface area contributed by atoms with Crippen LogP contribution in [-0.4, -0.2) is 51.8 Å². The molecule has 1 amide bonds. The van der Waals surface area contributed by atoms with Crippen molar-refractivity contribution < 1.29 is 19.6 Å². The van der Waals surface area contributed by atoms with Gasteiger partial charge in [-0.2, -0.15) is 0 Å². The van der Waals surface area contributed by atoms with Gasteiger partial charge in [0.15, 0.2) is 0 Å². The Morgan fingerprint density at radius 2 is 1.40 bits per heavy atom. The molecule has 0 saturated carbocycles. The molecule has 0 spiro atoms. The fraction of sp³-hybridized carbons (Fsp3) is 0.235. The van der Waals surface area contributed by atoms with Crippen LogP contribution in [0.25, 0.3) is 0 Å². The maximum Gasteiger partial charge on any atom is 0.295 e. The number of non-ortho nitro benzene ring substituents is 2. The van der Waals surface area contributed by atoms with E-state index in [-0.39, 0.29) is 24.3 Å². The molecule has 0 N–H and O–H groups in total. The van der Waals surface area contributed by atoms with E-state index in [1.165, 1.54) is 17.0 Å². The van der Waals surface area contributed by atoms with Crippen molar-refractivity contribution >= 4 is 40.3 Å². The van der Waals surface area contributed by atoms with Gasteiger partial charge in [0, 0.05) is 50.1 Å². The minimum absolute atomic E-state index is 0.0329. The van der Waals surface area contributed by atoms with Crippen molar-refractivity contribution in [1.82, 2.24) is 4.90 Å². The molecule has 0 aliphatic carbocycles. The predicted molar refractivity (Wildman–Crippen MR) is 106 cm³/mol. The highest BCUT2D eigenvalue weighted by molar-refractivity contribution is 6.36. The van der Waals surface area contributed by atoms with Crippen LogP contribution in [-0.2, 0) is 0 Å². The predicted octanol–water partition coefficient (Wildman–Crippen LogP) is 3.03. The molecule has 1 fully saturated rings. The summed E-state index contributed by atoms with van der Waals surface area (Å²) in [5, 5.41) is 32.5. The fourth-order valence-corrected chi connectivity index (χ4v) is 3.37. The molecule has 30 heavy (non-hydrogen) atoms. The van der Waals surface area contributed by atoms with Gasteiger partial charge in [-0.1, -0.05) is 11.6 Å². The van der Waals surface area contributed by atoms with Crippen molar-refractivity contribution in [2.45, 2.75) is 0 Å². The molecule has 156 valence electrons. The second-order valence-corrected chi connectivity index (χ2v) is 6.77. The number of carbonyl (C=O) groups excluding carboxylic acids is 1.